The third-order valence-electron chi connectivity index (χ3n) is 10.9. The normalized spacial score (nSPS) is 22.3. The zero-order valence-electron chi connectivity index (χ0n) is 37.6. The third kappa shape index (κ3) is 12.0. The molecule has 11 nitrogen and oxygen atoms in total. The number of hydrogen-bond acceptors (Lipinski definition) is 8. The lowest BCUT2D eigenvalue weighted by molar-refractivity contribution is -0.311. The van der Waals surface area contributed by atoms with E-state index in [-0.39, 0.29) is 48.8 Å². The molecule has 2 aromatic carbocycles. The monoisotopic (exact) mass is 834 g/mol. The summed E-state index contributed by atoms with van der Waals surface area (Å²) in [7, 11) is 0. The summed E-state index contributed by atoms with van der Waals surface area (Å²) >= 11 is 0. The SMILES string of the molecule is CC(C)c1c(C(=O)NCC[C@@H]2C[C@H](C(C(=O)O)C(C)(C)C)OC(C)(C)O2)c(-c2ccccc2)c(-c2ccc(F)cc2)n1CC[C@@H]1C[C@H](CC(=O)OC(C)(C)C)OC(C)(C)O1. The van der Waals surface area contributed by atoms with Crippen LogP contribution in [0.5, 0.6) is 0 Å². The van der Waals surface area contributed by atoms with Crippen molar-refractivity contribution in [1.29, 1.82) is 0 Å². The van der Waals surface area contributed by atoms with Crippen molar-refractivity contribution in [3.05, 3.63) is 71.7 Å². The molecule has 12 heteroatoms. The van der Waals surface area contributed by atoms with E-state index in [1.807, 2.05) is 85.7 Å². The lowest BCUT2D eigenvalue weighted by Crippen LogP contribution is -2.52. The Morgan fingerprint density at radius 2 is 1.42 bits per heavy atom. The lowest BCUT2D eigenvalue weighted by atomic mass is 9.75. The molecule has 3 heterocycles. The number of aromatic nitrogens is 1. The number of carboxylic acids is 1. The summed E-state index contributed by atoms with van der Waals surface area (Å²) in [5.41, 5.74) is 3.28. The summed E-state index contributed by atoms with van der Waals surface area (Å²) in [6.45, 7) is 23.3. The molecule has 5 atom stereocenters. The van der Waals surface area contributed by atoms with Crippen LogP contribution in [0.3, 0.4) is 0 Å². The number of nitrogens with zero attached hydrogens (tertiary/aromatic N) is 1. The molecule has 330 valence electrons. The first-order valence-electron chi connectivity index (χ1n) is 21.4. The van der Waals surface area contributed by atoms with Gasteiger partial charge >= 0.3 is 11.9 Å². The zero-order chi connectivity index (χ0) is 44.4. The summed E-state index contributed by atoms with van der Waals surface area (Å²) in [6, 6.07) is 16.1. The minimum absolute atomic E-state index is 0.0957. The Kier molecular flexibility index (Phi) is 14.5. The summed E-state index contributed by atoms with van der Waals surface area (Å²) in [5, 5.41) is 13.4. The number of esters is 1. The van der Waals surface area contributed by atoms with Crippen LogP contribution in [-0.4, -0.2) is 75.7 Å². The van der Waals surface area contributed by atoms with Gasteiger partial charge in [0.05, 0.1) is 48.0 Å². The molecule has 0 radical (unpaired) electrons. The smallest absolute Gasteiger partial charge is 0.309 e. The maximum atomic E-state index is 14.8. The van der Waals surface area contributed by atoms with Crippen LogP contribution in [0.2, 0.25) is 0 Å². The molecule has 1 aromatic heterocycles. The van der Waals surface area contributed by atoms with Crippen LogP contribution in [-0.2, 0) is 39.8 Å². The van der Waals surface area contributed by atoms with E-state index >= 15 is 0 Å². The third-order valence-corrected chi connectivity index (χ3v) is 10.9. The average molecular weight is 835 g/mol. The molecule has 0 bridgehead atoms. The maximum absolute atomic E-state index is 14.8. The van der Waals surface area contributed by atoms with Crippen LogP contribution in [0.1, 0.15) is 137 Å². The fraction of sp³-hybridized carbons (Fsp3) is 0.604. The summed E-state index contributed by atoms with van der Waals surface area (Å²) in [6.07, 6.45) is 0.292. The van der Waals surface area contributed by atoms with E-state index < -0.39 is 46.7 Å². The highest BCUT2D eigenvalue weighted by Crippen LogP contribution is 2.43. The molecule has 0 spiro atoms. The fourth-order valence-electron chi connectivity index (χ4n) is 8.91. The number of hydrogen-bond donors (Lipinski definition) is 2. The minimum Gasteiger partial charge on any atom is -0.481 e. The number of ether oxygens (including phenoxy) is 5. The average Bonchev–Trinajstić information content (AvgIpc) is 3.44. The molecule has 2 saturated heterocycles. The Labute approximate surface area is 355 Å². The second-order valence-corrected chi connectivity index (χ2v) is 19.6. The van der Waals surface area contributed by atoms with Crippen molar-refractivity contribution in [2.24, 2.45) is 11.3 Å². The summed E-state index contributed by atoms with van der Waals surface area (Å²) in [5.74, 6) is -4.70. The molecule has 2 aliphatic heterocycles. The Morgan fingerprint density at radius 3 is 1.98 bits per heavy atom. The van der Waals surface area contributed by atoms with Crippen molar-refractivity contribution < 1.29 is 47.6 Å². The number of aliphatic carboxylic acids is 1. The first kappa shape index (κ1) is 47.0. The second-order valence-electron chi connectivity index (χ2n) is 19.6. The Hall–Kier alpha value is -4.10. The predicted octanol–water partition coefficient (Wildman–Crippen LogP) is 9.89. The molecule has 1 amide bonds. The van der Waals surface area contributed by atoms with Crippen molar-refractivity contribution in [1.82, 2.24) is 9.88 Å². The van der Waals surface area contributed by atoms with Gasteiger partial charge in [-0.25, -0.2) is 4.39 Å². The van der Waals surface area contributed by atoms with Crippen LogP contribution >= 0.6 is 0 Å². The minimum atomic E-state index is -1.01. The fourth-order valence-corrected chi connectivity index (χ4v) is 8.91. The molecule has 0 aliphatic carbocycles. The van der Waals surface area contributed by atoms with Crippen LogP contribution in [0, 0.1) is 17.2 Å². The zero-order valence-corrected chi connectivity index (χ0v) is 37.6. The van der Waals surface area contributed by atoms with E-state index in [1.165, 1.54) is 12.1 Å². The summed E-state index contributed by atoms with van der Waals surface area (Å²) in [4.78, 5) is 40.1. The van der Waals surface area contributed by atoms with E-state index in [0.717, 1.165) is 28.1 Å². The number of nitrogens with one attached hydrogen (secondary N) is 1. The van der Waals surface area contributed by atoms with Crippen molar-refractivity contribution in [2.45, 2.75) is 169 Å². The van der Waals surface area contributed by atoms with Gasteiger partial charge in [0.15, 0.2) is 11.6 Å². The van der Waals surface area contributed by atoms with Crippen molar-refractivity contribution in [3.8, 4) is 22.4 Å². The molecule has 5 rings (SSSR count). The molecular formula is C48H67FN2O9. The van der Waals surface area contributed by atoms with E-state index in [4.69, 9.17) is 23.7 Å². The van der Waals surface area contributed by atoms with Gasteiger partial charge in [0.1, 0.15) is 11.4 Å². The highest BCUT2D eigenvalue weighted by atomic mass is 19.1. The second kappa shape index (κ2) is 18.5. The van der Waals surface area contributed by atoms with Crippen LogP contribution in [0.15, 0.2) is 54.6 Å². The first-order chi connectivity index (χ1) is 27.8. The molecule has 0 saturated carbocycles. The van der Waals surface area contributed by atoms with Crippen LogP contribution in [0.4, 0.5) is 4.39 Å². The first-order valence-corrected chi connectivity index (χ1v) is 21.4. The highest BCUT2D eigenvalue weighted by Gasteiger charge is 2.46. The Balaban J connectivity index is 1.50. The standard InChI is InChI=1S/C48H67FN2O9/c1-29(2)41-39(43(53)50-24-22-33-27-36(59-48(11,12)56-33)40(44(54)55)45(3,4)5)38(30-16-14-13-15-17-30)42(31-18-20-32(49)21-19-31)51(41)25-23-34-26-35(58-47(9,10)57-34)28-37(52)60-46(6,7)8/h13-21,29,33-36,40H,22-28H2,1-12H3,(H,50,53)(H,54,55)/t33-,34-,35-,36-,40?/m1/s1. The Morgan fingerprint density at radius 1 is 0.833 bits per heavy atom. The number of carbonyl (C=O) groups is 3. The highest BCUT2D eigenvalue weighted by molar-refractivity contribution is 6.06. The molecular weight excluding hydrogens is 768 g/mol. The summed E-state index contributed by atoms with van der Waals surface area (Å²) < 4.78 is 47.4. The molecule has 2 fully saturated rings. The van der Waals surface area contributed by atoms with Gasteiger partial charge in [-0.05, 0) is 108 Å². The topological polar surface area (TPSA) is 135 Å². The number of halogens is 1. The van der Waals surface area contributed by atoms with Crippen molar-refractivity contribution in [3.63, 3.8) is 0 Å². The van der Waals surface area contributed by atoms with Gasteiger partial charge in [0.2, 0.25) is 0 Å². The number of carboxylic acid groups (broad SMARTS) is 1. The van der Waals surface area contributed by atoms with Gasteiger partial charge < -0.3 is 38.7 Å². The quantitative estimate of drug-likeness (QED) is 0.152. The molecule has 60 heavy (non-hydrogen) atoms. The van der Waals surface area contributed by atoms with Crippen LogP contribution < -0.4 is 5.32 Å². The lowest BCUT2D eigenvalue weighted by Gasteiger charge is -2.45. The van der Waals surface area contributed by atoms with E-state index in [0.29, 0.717) is 37.8 Å². The molecule has 3 aromatic rings. The maximum Gasteiger partial charge on any atom is 0.309 e. The van der Waals surface area contributed by atoms with Gasteiger partial charge in [-0.3, -0.25) is 14.4 Å². The van der Waals surface area contributed by atoms with Gasteiger partial charge in [-0.1, -0.05) is 65.0 Å². The van der Waals surface area contributed by atoms with Crippen LogP contribution in [0.25, 0.3) is 22.4 Å². The van der Waals surface area contributed by atoms with Gasteiger partial charge in [-0.2, -0.15) is 0 Å². The number of carbonyl (C=O) groups excluding carboxylic acids is 2. The molecule has 2 N–H and O–H groups in total. The van der Waals surface area contributed by atoms with Gasteiger partial charge in [-0.15, -0.1) is 0 Å². The van der Waals surface area contributed by atoms with Gasteiger partial charge in [0, 0.05) is 37.2 Å². The van der Waals surface area contributed by atoms with E-state index in [1.54, 1.807) is 26.0 Å². The van der Waals surface area contributed by atoms with E-state index in [9.17, 15) is 23.9 Å². The van der Waals surface area contributed by atoms with Crippen molar-refractivity contribution >= 4 is 17.8 Å². The molecule has 2 aliphatic rings. The molecule has 1 unspecified atom stereocenters. The Bertz CT molecular complexity index is 1960. The number of rotatable bonds is 14. The predicted molar refractivity (Wildman–Crippen MR) is 229 cm³/mol. The van der Waals surface area contributed by atoms with E-state index in [2.05, 4.69) is 23.7 Å². The number of amides is 1. The number of benzene rings is 2. The van der Waals surface area contributed by atoms with Gasteiger partial charge in [0.25, 0.3) is 5.91 Å². The van der Waals surface area contributed by atoms with Crippen molar-refractivity contribution in [2.75, 3.05) is 6.54 Å². The largest absolute Gasteiger partial charge is 0.481 e.